The second kappa shape index (κ2) is 6.86. The Bertz CT molecular complexity index is 1310. The van der Waals surface area contributed by atoms with Crippen LogP contribution >= 0.6 is 0 Å². The molecule has 29 heavy (non-hydrogen) atoms. The molecule has 2 heterocycles. The minimum atomic E-state index is -0.805. The van der Waals surface area contributed by atoms with E-state index in [1.807, 2.05) is 0 Å². The zero-order valence-corrected chi connectivity index (χ0v) is 15.6. The van der Waals surface area contributed by atoms with E-state index in [0.717, 1.165) is 0 Å². The van der Waals surface area contributed by atoms with Crippen LogP contribution in [0, 0.1) is 5.82 Å². The highest BCUT2D eigenvalue weighted by Crippen LogP contribution is 2.29. The molecule has 4 rings (SSSR count). The van der Waals surface area contributed by atoms with Crippen molar-refractivity contribution in [2.45, 2.75) is 0 Å². The number of carbonyl (C=O) groups excluding carboxylic acids is 1. The summed E-state index contributed by atoms with van der Waals surface area (Å²) in [5, 5.41) is 0. The monoisotopic (exact) mass is 393 g/mol. The van der Waals surface area contributed by atoms with Gasteiger partial charge in [0.25, 0.3) is 5.91 Å². The lowest BCUT2D eigenvalue weighted by atomic mass is 10.2. The van der Waals surface area contributed by atoms with E-state index in [-0.39, 0.29) is 22.7 Å². The van der Waals surface area contributed by atoms with Crippen LogP contribution in [0.1, 0.15) is 10.5 Å². The molecule has 146 valence electrons. The average Bonchev–Trinajstić information content (AvgIpc) is 2.98. The molecule has 0 aliphatic heterocycles. The van der Waals surface area contributed by atoms with Crippen LogP contribution in [-0.2, 0) is 7.05 Å². The Hall–Kier alpha value is -4.01. The van der Waals surface area contributed by atoms with Crippen LogP contribution < -0.4 is 16.2 Å². The lowest BCUT2D eigenvalue weighted by Gasteiger charge is -2.09. The molecule has 1 amide bonds. The molecule has 0 unspecified atom stereocenters. The first-order valence-corrected chi connectivity index (χ1v) is 8.61. The minimum absolute atomic E-state index is 0.101. The van der Waals surface area contributed by atoms with E-state index in [1.165, 1.54) is 47.6 Å². The van der Waals surface area contributed by atoms with E-state index in [4.69, 9.17) is 10.5 Å². The molecular formula is C20H16FN5O3. The normalized spacial score (nSPS) is 11.0. The molecule has 0 fully saturated rings. The average molecular weight is 393 g/mol. The molecule has 0 radical (unpaired) electrons. The first kappa shape index (κ1) is 18.4. The summed E-state index contributed by atoms with van der Waals surface area (Å²) in [4.78, 5) is 33.9. The number of nitrogens with two attached hydrogens (primary N) is 1. The van der Waals surface area contributed by atoms with Gasteiger partial charge in [-0.15, -0.1) is 0 Å². The number of nitrogens with zero attached hydrogens (tertiary/aromatic N) is 4. The topological polar surface area (TPSA) is 105 Å². The number of carbonyl (C=O) groups is 1. The fourth-order valence-electron chi connectivity index (χ4n) is 3.19. The Kier molecular flexibility index (Phi) is 4.34. The highest BCUT2D eigenvalue weighted by molar-refractivity contribution is 6.02. The van der Waals surface area contributed by atoms with Crippen LogP contribution in [0.15, 0.2) is 53.3 Å². The number of benzene rings is 2. The van der Waals surface area contributed by atoms with E-state index >= 15 is 0 Å². The zero-order valence-electron chi connectivity index (χ0n) is 15.6. The van der Waals surface area contributed by atoms with Gasteiger partial charge < -0.3 is 10.5 Å². The number of halogens is 1. The van der Waals surface area contributed by atoms with Crippen molar-refractivity contribution in [2.75, 3.05) is 7.11 Å². The highest BCUT2D eigenvalue weighted by atomic mass is 19.1. The van der Waals surface area contributed by atoms with Crippen LogP contribution in [-0.4, -0.2) is 32.1 Å². The third-order valence-corrected chi connectivity index (χ3v) is 4.56. The summed E-state index contributed by atoms with van der Waals surface area (Å²) < 4.78 is 21.2. The van der Waals surface area contributed by atoms with Crippen molar-refractivity contribution in [1.82, 2.24) is 19.1 Å². The van der Waals surface area contributed by atoms with Crippen LogP contribution in [0.4, 0.5) is 4.39 Å². The Labute approximate surface area is 164 Å². The van der Waals surface area contributed by atoms with Crippen molar-refractivity contribution in [3.8, 4) is 22.8 Å². The molecule has 0 aliphatic rings. The van der Waals surface area contributed by atoms with Crippen LogP contribution in [0.3, 0.4) is 0 Å². The van der Waals surface area contributed by atoms with Gasteiger partial charge in [0.15, 0.2) is 17.2 Å². The van der Waals surface area contributed by atoms with Gasteiger partial charge >= 0.3 is 5.69 Å². The van der Waals surface area contributed by atoms with Crippen molar-refractivity contribution in [3.05, 3.63) is 70.5 Å². The molecule has 2 N–H and O–H groups in total. The fraction of sp³-hybridized carbons (Fsp3) is 0.100. The van der Waals surface area contributed by atoms with Gasteiger partial charge in [0.1, 0.15) is 17.1 Å². The van der Waals surface area contributed by atoms with Gasteiger partial charge in [0.05, 0.1) is 18.4 Å². The highest BCUT2D eigenvalue weighted by Gasteiger charge is 2.23. The number of para-hydroxylation sites is 1. The van der Waals surface area contributed by atoms with Gasteiger partial charge in [0.2, 0.25) is 0 Å². The van der Waals surface area contributed by atoms with Crippen molar-refractivity contribution in [1.29, 1.82) is 0 Å². The number of hydrogen-bond donors (Lipinski definition) is 1. The standard InChI is InChI=1S/C20H16FN5O3/c1-25-16-15(17(22)27)23-18(13-5-3-4-6-14(13)29-2)24-19(16)26(20(25)28)12-9-7-11(21)8-10-12/h3-10H,1-2H3,(H2,22,27). The van der Waals surface area contributed by atoms with E-state index in [2.05, 4.69) is 9.97 Å². The lowest BCUT2D eigenvalue weighted by Crippen LogP contribution is -2.21. The van der Waals surface area contributed by atoms with Crippen molar-refractivity contribution < 1.29 is 13.9 Å². The van der Waals surface area contributed by atoms with Crippen molar-refractivity contribution >= 4 is 17.1 Å². The maximum atomic E-state index is 13.4. The predicted octanol–water partition coefficient (Wildman–Crippen LogP) is 2.03. The number of methoxy groups -OCH3 is 1. The van der Waals surface area contributed by atoms with Gasteiger partial charge in [-0.3, -0.25) is 9.36 Å². The molecule has 4 aromatic rings. The molecule has 9 heteroatoms. The molecule has 0 bridgehead atoms. The number of rotatable bonds is 4. The molecular weight excluding hydrogens is 377 g/mol. The van der Waals surface area contributed by atoms with Gasteiger partial charge in [0, 0.05) is 7.05 Å². The van der Waals surface area contributed by atoms with E-state index in [9.17, 15) is 14.0 Å². The molecule has 0 spiro atoms. The van der Waals surface area contributed by atoms with E-state index in [0.29, 0.717) is 17.0 Å². The smallest absolute Gasteiger partial charge is 0.334 e. The summed E-state index contributed by atoms with van der Waals surface area (Å²) >= 11 is 0. The Morgan fingerprint density at radius 1 is 1.10 bits per heavy atom. The first-order valence-electron chi connectivity index (χ1n) is 8.61. The maximum absolute atomic E-state index is 13.4. The Morgan fingerprint density at radius 2 is 1.79 bits per heavy atom. The summed E-state index contributed by atoms with van der Waals surface area (Å²) in [6.07, 6.45) is 0. The SMILES string of the molecule is COc1ccccc1-c1nc(C(N)=O)c2c(n1)n(-c1ccc(F)cc1)c(=O)n2C. The quantitative estimate of drug-likeness (QED) is 0.571. The van der Waals surface area contributed by atoms with Crippen LogP contribution in [0.5, 0.6) is 5.75 Å². The summed E-state index contributed by atoms with van der Waals surface area (Å²) in [6.45, 7) is 0. The Balaban J connectivity index is 2.12. The number of ether oxygens (including phenoxy) is 1. The number of imidazole rings is 1. The maximum Gasteiger partial charge on any atom is 0.334 e. The summed E-state index contributed by atoms with van der Waals surface area (Å²) in [5.74, 6) is -0.580. The summed E-state index contributed by atoms with van der Waals surface area (Å²) in [7, 11) is 2.99. The number of aryl methyl sites for hydroxylation is 1. The molecule has 0 saturated carbocycles. The number of amides is 1. The van der Waals surface area contributed by atoms with Gasteiger partial charge in [-0.2, -0.15) is 0 Å². The van der Waals surface area contributed by atoms with Crippen LogP contribution in [0.25, 0.3) is 28.2 Å². The number of hydrogen-bond acceptors (Lipinski definition) is 5. The third-order valence-electron chi connectivity index (χ3n) is 4.56. The largest absolute Gasteiger partial charge is 0.496 e. The van der Waals surface area contributed by atoms with Crippen LogP contribution in [0.2, 0.25) is 0 Å². The molecule has 8 nitrogen and oxygen atoms in total. The number of primary amides is 1. The molecule has 2 aromatic carbocycles. The fourth-order valence-corrected chi connectivity index (χ4v) is 3.19. The minimum Gasteiger partial charge on any atom is -0.496 e. The van der Waals surface area contributed by atoms with E-state index < -0.39 is 17.4 Å². The lowest BCUT2D eigenvalue weighted by molar-refractivity contribution is 0.0997. The second-order valence-electron chi connectivity index (χ2n) is 6.29. The predicted molar refractivity (Wildman–Crippen MR) is 105 cm³/mol. The number of aromatic nitrogens is 4. The van der Waals surface area contributed by atoms with E-state index in [1.54, 1.807) is 24.3 Å². The van der Waals surface area contributed by atoms with Crippen molar-refractivity contribution in [3.63, 3.8) is 0 Å². The molecule has 2 aromatic heterocycles. The summed E-state index contributed by atoms with van der Waals surface area (Å²) in [5.41, 5.74) is 6.26. The molecule has 0 aliphatic carbocycles. The van der Waals surface area contributed by atoms with Gasteiger partial charge in [-0.1, -0.05) is 12.1 Å². The third kappa shape index (κ3) is 2.92. The second-order valence-corrected chi connectivity index (χ2v) is 6.29. The summed E-state index contributed by atoms with van der Waals surface area (Å²) in [6, 6.07) is 12.4. The van der Waals surface area contributed by atoms with Gasteiger partial charge in [-0.05, 0) is 36.4 Å². The molecule has 0 saturated heterocycles. The van der Waals surface area contributed by atoms with Crippen molar-refractivity contribution in [2.24, 2.45) is 12.8 Å². The van der Waals surface area contributed by atoms with Gasteiger partial charge in [-0.25, -0.2) is 23.7 Å². The molecule has 0 atom stereocenters. The number of fused-ring (bicyclic) bond motifs is 1. The Morgan fingerprint density at radius 3 is 2.45 bits per heavy atom. The first-order chi connectivity index (χ1) is 13.9. The zero-order chi connectivity index (χ0) is 20.7.